The summed E-state index contributed by atoms with van der Waals surface area (Å²) in [6.45, 7) is 4.09. The SMILES string of the molecule is Cc1ccc(C(=O)N2CC(C)(OCC(=O)O)C2)cc1N. The van der Waals surface area contributed by atoms with E-state index in [2.05, 4.69) is 0 Å². The molecule has 0 spiro atoms. The molecule has 0 radical (unpaired) electrons. The zero-order chi connectivity index (χ0) is 14.9. The second kappa shape index (κ2) is 5.13. The number of nitrogen functional groups attached to an aromatic ring is 1. The highest BCUT2D eigenvalue weighted by Gasteiger charge is 2.42. The number of benzene rings is 1. The van der Waals surface area contributed by atoms with E-state index in [9.17, 15) is 9.59 Å². The molecule has 0 atom stereocenters. The van der Waals surface area contributed by atoms with E-state index < -0.39 is 11.6 Å². The van der Waals surface area contributed by atoms with Gasteiger partial charge in [-0.1, -0.05) is 6.07 Å². The highest BCUT2D eigenvalue weighted by molar-refractivity contribution is 5.96. The van der Waals surface area contributed by atoms with E-state index in [-0.39, 0.29) is 12.5 Å². The minimum Gasteiger partial charge on any atom is -0.480 e. The maximum absolute atomic E-state index is 12.2. The lowest BCUT2D eigenvalue weighted by atomic mass is 9.95. The van der Waals surface area contributed by atoms with E-state index in [4.69, 9.17) is 15.6 Å². The number of ether oxygens (including phenoxy) is 1. The van der Waals surface area contributed by atoms with Crippen LogP contribution in [0.25, 0.3) is 0 Å². The smallest absolute Gasteiger partial charge is 0.329 e. The van der Waals surface area contributed by atoms with Crippen molar-refractivity contribution in [1.29, 1.82) is 0 Å². The molecule has 3 N–H and O–H groups in total. The highest BCUT2D eigenvalue weighted by Crippen LogP contribution is 2.27. The number of rotatable bonds is 4. The van der Waals surface area contributed by atoms with Gasteiger partial charge in [0.1, 0.15) is 12.2 Å². The van der Waals surface area contributed by atoms with Crippen molar-refractivity contribution >= 4 is 17.6 Å². The maximum atomic E-state index is 12.2. The van der Waals surface area contributed by atoms with Gasteiger partial charge >= 0.3 is 5.97 Å². The number of anilines is 1. The van der Waals surface area contributed by atoms with Gasteiger partial charge < -0.3 is 20.5 Å². The summed E-state index contributed by atoms with van der Waals surface area (Å²) in [6.07, 6.45) is 0. The summed E-state index contributed by atoms with van der Waals surface area (Å²) in [5, 5.41) is 8.59. The minimum absolute atomic E-state index is 0.117. The van der Waals surface area contributed by atoms with Crippen LogP contribution in [0.5, 0.6) is 0 Å². The lowest BCUT2D eigenvalue weighted by Gasteiger charge is -2.47. The fourth-order valence-electron chi connectivity index (χ4n) is 2.19. The fourth-order valence-corrected chi connectivity index (χ4v) is 2.19. The average Bonchev–Trinajstić information content (AvgIpc) is 2.35. The number of carbonyl (C=O) groups excluding carboxylic acids is 1. The van der Waals surface area contributed by atoms with Crippen LogP contribution in [-0.2, 0) is 9.53 Å². The Hall–Kier alpha value is -2.08. The molecular weight excluding hydrogens is 260 g/mol. The summed E-state index contributed by atoms with van der Waals surface area (Å²) in [4.78, 5) is 24.3. The number of amides is 1. The monoisotopic (exact) mass is 278 g/mol. The first-order chi connectivity index (χ1) is 9.31. The first-order valence-corrected chi connectivity index (χ1v) is 6.32. The predicted molar refractivity (Wildman–Crippen MR) is 73.5 cm³/mol. The molecule has 0 saturated carbocycles. The van der Waals surface area contributed by atoms with Crippen molar-refractivity contribution in [3.8, 4) is 0 Å². The molecule has 1 aromatic carbocycles. The van der Waals surface area contributed by atoms with Gasteiger partial charge in [0.2, 0.25) is 0 Å². The van der Waals surface area contributed by atoms with Crippen molar-refractivity contribution in [2.75, 3.05) is 25.4 Å². The van der Waals surface area contributed by atoms with E-state index in [1.807, 2.05) is 13.0 Å². The number of aliphatic carboxylic acids is 1. The summed E-state index contributed by atoms with van der Waals surface area (Å²) in [5.74, 6) is -1.13. The van der Waals surface area contributed by atoms with E-state index >= 15 is 0 Å². The molecule has 20 heavy (non-hydrogen) atoms. The minimum atomic E-state index is -1.01. The van der Waals surface area contributed by atoms with Crippen LogP contribution in [-0.4, -0.2) is 47.2 Å². The number of nitrogens with zero attached hydrogens (tertiary/aromatic N) is 1. The van der Waals surface area contributed by atoms with Gasteiger partial charge in [-0.05, 0) is 31.5 Å². The number of likely N-dealkylation sites (tertiary alicyclic amines) is 1. The molecular formula is C14H18N2O4. The third-order valence-electron chi connectivity index (χ3n) is 3.41. The topological polar surface area (TPSA) is 92.9 Å². The van der Waals surface area contributed by atoms with Gasteiger partial charge in [0.05, 0.1) is 13.1 Å². The standard InChI is InChI=1S/C14H18N2O4/c1-9-3-4-10(5-11(9)15)13(19)16-7-14(2,8-16)20-6-12(17)18/h3-5H,6-8,15H2,1-2H3,(H,17,18). The Balaban J connectivity index is 1.96. The van der Waals surface area contributed by atoms with E-state index in [1.54, 1.807) is 24.0 Å². The number of carboxylic acids is 1. The molecule has 1 aliphatic heterocycles. The van der Waals surface area contributed by atoms with Gasteiger partial charge in [0.15, 0.2) is 0 Å². The molecule has 2 rings (SSSR count). The first-order valence-electron chi connectivity index (χ1n) is 6.32. The quantitative estimate of drug-likeness (QED) is 0.798. The normalized spacial score (nSPS) is 16.6. The Bertz CT molecular complexity index is 550. The number of carbonyl (C=O) groups is 2. The van der Waals surface area contributed by atoms with Crippen LogP contribution in [0, 0.1) is 6.92 Å². The number of carboxylic acid groups (broad SMARTS) is 1. The molecule has 1 saturated heterocycles. The van der Waals surface area contributed by atoms with Crippen molar-refractivity contribution in [1.82, 2.24) is 4.90 Å². The molecule has 1 aromatic rings. The molecule has 1 fully saturated rings. The summed E-state index contributed by atoms with van der Waals surface area (Å²) in [7, 11) is 0. The Morgan fingerprint density at radius 2 is 2.10 bits per heavy atom. The van der Waals surface area contributed by atoms with Crippen LogP contribution in [0.15, 0.2) is 18.2 Å². The lowest BCUT2D eigenvalue weighted by Crippen LogP contribution is -2.63. The third-order valence-corrected chi connectivity index (χ3v) is 3.41. The van der Waals surface area contributed by atoms with Gasteiger partial charge in [-0.2, -0.15) is 0 Å². The van der Waals surface area contributed by atoms with Crippen LogP contribution in [0.3, 0.4) is 0 Å². The fraction of sp³-hybridized carbons (Fsp3) is 0.429. The van der Waals surface area contributed by atoms with Crippen LogP contribution < -0.4 is 5.73 Å². The third kappa shape index (κ3) is 2.91. The molecule has 0 unspecified atom stereocenters. The molecule has 1 amide bonds. The van der Waals surface area contributed by atoms with Gasteiger partial charge in [-0.25, -0.2) is 4.79 Å². The van der Waals surface area contributed by atoms with Crippen LogP contribution in [0.2, 0.25) is 0 Å². The Kier molecular flexibility index (Phi) is 3.67. The number of hydrogen-bond donors (Lipinski definition) is 2. The highest BCUT2D eigenvalue weighted by atomic mass is 16.5. The summed E-state index contributed by atoms with van der Waals surface area (Å²) >= 11 is 0. The van der Waals surface area contributed by atoms with Crippen LogP contribution in [0.4, 0.5) is 5.69 Å². The first kappa shape index (κ1) is 14.3. The van der Waals surface area contributed by atoms with E-state index in [1.165, 1.54) is 0 Å². The Labute approximate surface area is 117 Å². The zero-order valence-corrected chi connectivity index (χ0v) is 11.5. The zero-order valence-electron chi connectivity index (χ0n) is 11.5. The van der Waals surface area contributed by atoms with Crippen molar-refractivity contribution < 1.29 is 19.4 Å². The van der Waals surface area contributed by atoms with Gasteiger partial charge in [-0.15, -0.1) is 0 Å². The summed E-state index contributed by atoms with van der Waals surface area (Å²) in [5.41, 5.74) is 7.26. The molecule has 6 heteroatoms. The van der Waals surface area contributed by atoms with Crippen molar-refractivity contribution in [3.05, 3.63) is 29.3 Å². The average molecular weight is 278 g/mol. The van der Waals surface area contributed by atoms with Crippen LogP contribution in [0.1, 0.15) is 22.8 Å². The van der Waals surface area contributed by atoms with E-state index in [0.29, 0.717) is 24.3 Å². The molecule has 0 aliphatic carbocycles. The Morgan fingerprint density at radius 1 is 1.45 bits per heavy atom. The van der Waals surface area contributed by atoms with Crippen LogP contribution >= 0.6 is 0 Å². The second-order valence-corrected chi connectivity index (χ2v) is 5.36. The Morgan fingerprint density at radius 3 is 2.65 bits per heavy atom. The predicted octanol–water partition coefficient (Wildman–Crippen LogP) is 0.893. The van der Waals surface area contributed by atoms with Crippen molar-refractivity contribution in [2.45, 2.75) is 19.4 Å². The summed E-state index contributed by atoms with van der Waals surface area (Å²) < 4.78 is 5.27. The largest absolute Gasteiger partial charge is 0.480 e. The van der Waals surface area contributed by atoms with E-state index in [0.717, 1.165) is 5.56 Å². The van der Waals surface area contributed by atoms with Gasteiger partial charge in [0.25, 0.3) is 5.91 Å². The van der Waals surface area contributed by atoms with Crippen molar-refractivity contribution in [3.63, 3.8) is 0 Å². The maximum Gasteiger partial charge on any atom is 0.329 e. The van der Waals surface area contributed by atoms with Gasteiger partial charge in [0, 0.05) is 11.3 Å². The molecule has 6 nitrogen and oxygen atoms in total. The lowest BCUT2D eigenvalue weighted by molar-refractivity contribution is -0.159. The second-order valence-electron chi connectivity index (χ2n) is 5.36. The molecule has 1 heterocycles. The van der Waals surface area contributed by atoms with Gasteiger partial charge in [-0.3, -0.25) is 4.79 Å². The molecule has 1 aliphatic rings. The molecule has 0 bridgehead atoms. The number of aryl methyl sites for hydroxylation is 1. The van der Waals surface area contributed by atoms with Crippen molar-refractivity contribution in [2.24, 2.45) is 0 Å². The summed E-state index contributed by atoms with van der Waals surface area (Å²) in [6, 6.07) is 5.20. The molecule has 108 valence electrons. The number of nitrogens with two attached hydrogens (primary N) is 1. The molecule has 0 aromatic heterocycles. The number of hydrogen-bond acceptors (Lipinski definition) is 4.